The molecule has 1 saturated heterocycles. The SMILES string of the molecule is CCOc1cc(/C=C2\SC(=O)N(C)C2=O)cc(Cl)c1OCC#N. The number of nitriles is 1. The lowest BCUT2D eigenvalue weighted by Gasteiger charge is -2.12. The van der Waals surface area contributed by atoms with Crippen LogP contribution in [0.25, 0.3) is 6.08 Å². The molecule has 0 aliphatic carbocycles. The Kier molecular flexibility index (Phi) is 5.53. The summed E-state index contributed by atoms with van der Waals surface area (Å²) in [6.07, 6.45) is 1.57. The van der Waals surface area contributed by atoms with E-state index in [1.165, 1.54) is 7.05 Å². The fraction of sp³-hybridized carbons (Fsp3) is 0.267. The molecule has 0 aromatic heterocycles. The summed E-state index contributed by atoms with van der Waals surface area (Å²) >= 11 is 7.03. The summed E-state index contributed by atoms with van der Waals surface area (Å²) in [5.74, 6) is 0.284. The zero-order valence-electron chi connectivity index (χ0n) is 12.5. The first kappa shape index (κ1) is 17.2. The van der Waals surface area contributed by atoms with Crippen LogP contribution in [0.5, 0.6) is 11.5 Å². The third-order valence-corrected chi connectivity index (χ3v) is 4.14. The van der Waals surface area contributed by atoms with E-state index < -0.39 is 0 Å². The molecule has 1 aromatic carbocycles. The molecule has 2 amide bonds. The Labute approximate surface area is 142 Å². The van der Waals surface area contributed by atoms with Crippen LogP contribution < -0.4 is 9.47 Å². The Morgan fingerprint density at radius 3 is 2.70 bits per heavy atom. The highest BCUT2D eigenvalue weighted by molar-refractivity contribution is 8.18. The molecule has 0 radical (unpaired) electrons. The van der Waals surface area contributed by atoms with Gasteiger partial charge in [-0.3, -0.25) is 14.5 Å². The van der Waals surface area contributed by atoms with E-state index in [1.54, 1.807) is 25.1 Å². The summed E-state index contributed by atoms with van der Waals surface area (Å²) in [7, 11) is 1.43. The van der Waals surface area contributed by atoms with Crippen molar-refractivity contribution in [1.82, 2.24) is 4.90 Å². The smallest absolute Gasteiger partial charge is 0.293 e. The number of hydrogen-bond donors (Lipinski definition) is 0. The second-order valence-electron chi connectivity index (χ2n) is 4.45. The van der Waals surface area contributed by atoms with Gasteiger partial charge in [0.1, 0.15) is 6.07 Å². The van der Waals surface area contributed by atoms with Gasteiger partial charge in [-0.2, -0.15) is 5.26 Å². The molecule has 6 nitrogen and oxygen atoms in total. The Morgan fingerprint density at radius 1 is 1.39 bits per heavy atom. The lowest BCUT2D eigenvalue weighted by molar-refractivity contribution is -0.121. The highest BCUT2D eigenvalue weighted by Gasteiger charge is 2.31. The predicted octanol–water partition coefficient (Wildman–Crippen LogP) is 3.31. The molecule has 2 rings (SSSR count). The first-order valence-corrected chi connectivity index (χ1v) is 7.85. The van der Waals surface area contributed by atoms with Crippen molar-refractivity contribution < 1.29 is 19.1 Å². The minimum absolute atomic E-state index is 0.159. The van der Waals surface area contributed by atoms with Crippen molar-refractivity contribution in [2.75, 3.05) is 20.3 Å². The molecule has 0 atom stereocenters. The molecule has 1 fully saturated rings. The number of hydrogen-bond acceptors (Lipinski definition) is 6. The van der Waals surface area contributed by atoms with Gasteiger partial charge < -0.3 is 9.47 Å². The molecule has 0 unspecified atom stereocenters. The molecule has 1 heterocycles. The van der Waals surface area contributed by atoms with E-state index in [4.69, 9.17) is 26.3 Å². The molecule has 0 saturated carbocycles. The summed E-state index contributed by atoms with van der Waals surface area (Å²) in [6, 6.07) is 5.09. The molecule has 8 heteroatoms. The minimum atomic E-state index is -0.362. The number of amides is 2. The van der Waals surface area contributed by atoms with E-state index in [2.05, 4.69) is 0 Å². The van der Waals surface area contributed by atoms with Crippen molar-refractivity contribution in [3.05, 3.63) is 27.6 Å². The summed E-state index contributed by atoms with van der Waals surface area (Å²) in [5.41, 5.74) is 0.599. The van der Waals surface area contributed by atoms with Gasteiger partial charge in [-0.05, 0) is 42.5 Å². The third kappa shape index (κ3) is 3.78. The number of likely N-dealkylation sites (N-methyl/N-ethyl adjacent to an activating group) is 1. The fourth-order valence-electron chi connectivity index (χ4n) is 1.88. The van der Waals surface area contributed by atoms with Crippen LogP contribution in [0.4, 0.5) is 4.79 Å². The lowest BCUT2D eigenvalue weighted by Crippen LogP contribution is -2.22. The zero-order chi connectivity index (χ0) is 17.0. The van der Waals surface area contributed by atoms with Gasteiger partial charge in [0, 0.05) is 7.05 Å². The van der Waals surface area contributed by atoms with Crippen LogP contribution >= 0.6 is 23.4 Å². The number of benzene rings is 1. The second-order valence-corrected chi connectivity index (χ2v) is 5.85. The molecular formula is C15H13ClN2O4S. The van der Waals surface area contributed by atoms with E-state index in [9.17, 15) is 9.59 Å². The number of ether oxygens (including phenoxy) is 2. The Hall–Kier alpha value is -2.17. The van der Waals surface area contributed by atoms with Crippen molar-refractivity contribution in [3.8, 4) is 17.6 Å². The number of rotatable bonds is 5. The van der Waals surface area contributed by atoms with Crippen molar-refractivity contribution in [1.29, 1.82) is 5.26 Å². The molecule has 1 aromatic rings. The van der Waals surface area contributed by atoms with Crippen molar-refractivity contribution in [2.45, 2.75) is 6.92 Å². The number of imide groups is 1. The Bertz CT molecular complexity index is 727. The van der Waals surface area contributed by atoms with E-state index in [0.717, 1.165) is 16.7 Å². The molecule has 1 aliphatic rings. The molecule has 0 N–H and O–H groups in total. The summed E-state index contributed by atoms with van der Waals surface area (Å²) < 4.78 is 10.7. The predicted molar refractivity (Wildman–Crippen MR) is 87.5 cm³/mol. The average Bonchev–Trinajstić information content (AvgIpc) is 2.74. The second kappa shape index (κ2) is 7.40. The minimum Gasteiger partial charge on any atom is -0.490 e. The molecule has 23 heavy (non-hydrogen) atoms. The molecule has 120 valence electrons. The van der Waals surface area contributed by atoms with Gasteiger partial charge in [0.05, 0.1) is 16.5 Å². The fourth-order valence-corrected chi connectivity index (χ4v) is 2.98. The first-order chi connectivity index (χ1) is 11.0. The molecule has 0 spiro atoms. The maximum Gasteiger partial charge on any atom is 0.293 e. The van der Waals surface area contributed by atoms with Gasteiger partial charge in [0.2, 0.25) is 0 Å². The van der Waals surface area contributed by atoms with Crippen molar-refractivity contribution in [2.24, 2.45) is 0 Å². The summed E-state index contributed by atoms with van der Waals surface area (Å²) in [6.45, 7) is 2.03. The van der Waals surface area contributed by atoms with Crippen molar-refractivity contribution >= 4 is 40.6 Å². The summed E-state index contributed by atoms with van der Waals surface area (Å²) in [4.78, 5) is 24.8. The molecular weight excluding hydrogens is 340 g/mol. The van der Waals surface area contributed by atoms with Gasteiger partial charge in [0.25, 0.3) is 11.1 Å². The van der Waals surface area contributed by atoms with Crippen molar-refractivity contribution in [3.63, 3.8) is 0 Å². The quantitative estimate of drug-likeness (QED) is 0.756. The zero-order valence-corrected chi connectivity index (χ0v) is 14.0. The number of carbonyl (C=O) groups excluding carboxylic acids is 2. The third-order valence-electron chi connectivity index (χ3n) is 2.90. The molecule has 1 aliphatic heterocycles. The van der Waals surface area contributed by atoms with Crippen LogP contribution in [-0.4, -0.2) is 36.3 Å². The monoisotopic (exact) mass is 352 g/mol. The highest BCUT2D eigenvalue weighted by Crippen LogP contribution is 2.38. The van der Waals surface area contributed by atoms with E-state index in [1.807, 2.05) is 6.07 Å². The topological polar surface area (TPSA) is 79.6 Å². The number of thioether (sulfide) groups is 1. The van der Waals surface area contributed by atoms with Gasteiger partial charge in [-0.1, -0.05) is 11.6 Å². The van der Waals surface area contributed by atoms with Gasteiger partial charge in [-0.15, -0.1) is 0 Å². The number of carbonyl (C=O) groups is 2. The van der Waals surface area contributed by atoms with Crippen LogP contribution in [0.15, 0.2) is 17.0 Å². The molecule has 0 bridgehead atoms. The normalized spacial score (nSPS) is 15.9. The van der Waals surface area contributed by atoms with Gasteiger partial charge in [-0.25, -0.2) is 0 Å². The largest absolute Gasteiger partial charge is 0.490 e. The van der Waals surface area contributed by atoms with Crippen LogP contribution in [0.3, 0.4) is 0 Å². The van der Waals surface area contributed by atoms with E-state index in [-0.39, 0.29) is 28.5 Å². The Morgan fingerprint density at radius 2 is 2.13 bits per heavy atom. The standard InChI is InChI=1S/C15H13ClN2O4S/c1-3-21-11-7-9(6-10(16)13(11)22-5-4-17)8-12-14(19)18(2)15(20)23-12/h6-8H,3,5H2,1-2H3/b12-8-. The van der Waals surface area contributed by atoms with Crippen LogP contribution in [0, 0.1) is 11.3 Å². The van der Waals surface area contributed by atoms with Gasteiger partial charge >= 0.3 is 0 Å². The number of halogens is 1. The first-order valence-electron chi connectivity index (χ1n) is 6.65. The van der Waals surface area contributed by atoms with Crippen LogP contribution in [0.2, 0.25) is 5.02 Å². The number of nitrogens with zero attached hydrogens (tertiary/aromatic N) is 2. The maximum atomic E-state index is 11.9. The van der Waals surface area contributed by atoms with Crippen LogP contribution in [0.1, 0.15) is 12.5 Å². The maximum absolute atomic E-state index is 11.9. The van der Waals surface area contributed by atoms with Gasteiger partial charge in [0.15, 0.2) is 18.1 Å². The average molecular weight is 353 g/mol. The van der Waals surface area contributed by atoms with E-state index >= 15 is 0 Å². The van der Waals surface area contributed by atoms with E-state index in [0.29, 0.717) is 22.8 Å². The highest BCUT2D eigenvalue weighted by atomic mass is 35.5. The van der Waals surface area contributed by atoms with Crippen LogP contribution in [-0.2, 0) is 4.79 Å². The summed E-state index contributed by atoms with van der Waals surface area (Å²) in [5, 5.41) is 8.55. The Balaban J connectivity index is 2.39. The lowest BCUT2D eigenvalue weighted by atomic mass is 10.1.